The summed E-state index contributed by atoms with van der Waals surface area (Å²) >= 11 is 0. The number of pyridine rings is 1. The van der Waals surface area contributed by atoms with Crippen LogP contribution >= 0.6 is 0 Å². The summed E-state index contributed by atoms with van der Waals surface area (Å²) in [5, 5.41) is 3.30. The fourth-order valence-corrected chi connectivity index (χ4v) is 2.15. The summed E-state index contributed by atoms with van der Waals surface area (Å²) in [4.78, 5) is 18.3. The van der Waals surface area contributed by atoms with Crippen LogP contribution in [0.2, 0.25) is 0 Å². The zero-order valence-corrected chi connectivity index (χ0v) is 11.3. The molecule has 1 unspecified atom stereocenters. The van der Waals surface area contributed by atoms with E-state index < -0.39 is 0 Å². The van der Waals surface area contributed by atoms with Crippen LogP contribution in [0.4, 0.5) is 0 Å². The molecule has 1 aliphatic rings. The molecule has 1 fully saturated rings. The van der Waals surface area contributed by atoms with Crippen molar-refractivity contribution in [2.75, 3.05) is 26.3 Å². The van der Waals surface area contributed by atoms with Gasteiger partial charge in [-0.05, 0) is 19.1 Å². The zero-order valence-electron chi connectivity index (χ0n) is 11.3. The number of ether oxygens (including phenoxy) is 1. The van der Waals surface area contributed by atoms with Crippen molar-refractivity contribution in [3.63, 3.8) is 0 Å². The molecule has 1 saturated heterocycles. The van der Waals surface area contributed by atoms with E-state index in [0.29, 0.717) is 26.1 Å². The maximum atomic E-state index is 12.2. The zero-order chi connectivity index (χ0) is 13.5. The minimum absolute atomic E-state index is 0.138. The van der Waals surface area contributed by atoms with E-state index in [1.54, 1.807) is 6.20 Å². The van der Waals surface area contributed by atoms with E-state index in [1.807, 2.05) is 30.0 Å². The second kappa shape index (κ2) is 7.21. The van der Waals surface area contributed by atoms with Crippen molar-refractivity contribution in [1.82, 2.24) is 15.2 Å². The first kappa shape index (κ1) is 14.0. The number of aromatic nitrogens is 1. The third kappa shape index (κ3) is 4.29. The van der Waals surface area contributed by atoms with Gasteiger partial charge in [-0.1, -0.05) is 6.07 Å². The third-order valence-corrected chi connectivity index (χ3v) is 3.23. The van der Waals surface area contributed by atoms with Crippen molar-refractivity contribution in [3.05, 3.63) is 30.1 Å². The molecule has 2 heterocycles. The van der Waals surface area contributed by atoms with Crippen LogP contribution in [0.5, 0.6) is 0 Å². The Labute approximate surface area is 114 Å². The van der Waals surface area contributed by atoms with Crippen molar-refractivity contribution in [3.8, 4) is 0 Å². The predicted molar refractivity (Wildman–Crippen MR) is 72.6 cm³/mol. The molecule has 1 amide bonds. The second-order valence-corrected chi connectivity index (χ2v) is 4.66. The Hall–Kier alpha value is -1.46. The minimum atomic E-state index is 0.138. The van der Waals surface area contributed by atoms with Gasteiger partial charge in [0, 0.05) is 31.7 Å². The SMILES string of the molecule is CCN(Cc1ccccn1)C(=O)CC1COCCN1. The first-order chi connectivity index (χ1) is 9.29. The van der Waals surface area contributed by atoms with Gasteiger partial charge in [0.15, 0.2) is 0 Å². The number of rotatable bonds is 5. The van der Waals surface area contributed by atoms with Crippen LogP contribution in [0.25, 0.3) is 0 Å². The van der Waals surface area contributed by atoms with Crippen LogP contribution in [-0.2, 0) is 16.1 Å². The Morgan fingerprint density at radius 3 is 3.11 bits per heavy atom. The fraction of sp³-hybridized carbons (Fsp3) is 0.571. The lowest BCUT2D eigenvalue weighted by Gasteiger charge is -2.27. The average molecular weight is 263 g/mol. The molecule has 0 bridgehead atoms. The van der Waals surface area contributed by atoms with Gasteiger partial charge in [-0.15, -0.1) is 0 Å². The van der Waals surface area contributed by atoms with Crippen molar-refractivity contribution < 1.29 is 9.53 Å². The van der Waals surface area contributed by atoms with Crippen molar-refractivity contribution in [1.29, 1.82) is 0 Å². The molecule has 5 nitrogen and oxygen atoms in total. The Kier molecular flexibility index (Phi) is 5.30. The minimum Gasteiger partial charge on any atom is -0.378 e. The van der Waals surface area contributed by atoms with E-state index >= 15 is 0 Å². The maximum absolute atomic E-state index is 12.2. The van der Waals surface area contributed by atoms with E-state index in [1.165, 1.54) is 0 Å². The molecule has 0 radical (unpaired) electrons. The fourth-order valence-electron chi connectivity index (χ4n) is 2.15. The van der Waals surface area contributed by atoms with Gasteiger partial charge in [0.1, 0.15) is 0 Å². The van der Waals surface area contributed by atoms with Gasteiger partial charge in [0.05, 0.1) is 25.5 Å². The number of nitrogens with one attached hydrogen (secondary N) is 1. The Morgan fingerprint density at radius 1 is 1.58 bits per heavy atom. The summed E-state index contributed by atoms with van der Waals surface area (Å²) in [5.41, 5.74) is 0.922. The van der Waals surface area contributed by atoms with Gasteiger partial charge < -0.3 is 15.0 Å². The summed E-state index contributed by atoms with van der Waals surface area (Å²) < 4.78 is 5.37. The van der Waals surface area contributed by atoms with Crippen LogP contribution < -0.4 is 5.32 Å². The molecule has 0 aliphatic carbocycles. The number of morpholine rings is 1. The van der Waals surface area contributed by atoms with Gasteiger partial charge in [0.2, 0.25) is 5.91 Å². The summed E-state index contributed by atoms with van der Waals surface area (Å²) in [5.74, 6) is 0.149. The quantitative estimate of drug-likeness (QED) is 0.854. The first-order valence-electron chi connectivity index (χ1n) is 6.78. The molecule has 2 rings (SSSR count). The highest BCUT2D eigenvalue weighted by molar-refractivity contribution is 5.76. The lowest BCUT2D eigenvalue weighted by molar-refractivity contribution is -0.132. The Bertz CT molecular complexity index is 391. The average Bonchev–Trinajstić information content (AvgIpc) is 2.47. The molecule has 1 aromatic rings. The number of carbonyl (C=O) groups excluding carboxylic acids is 1. The highest BCUT2D eigenvalue weighted by Gasteiger charge is 2.20. The molecule has 1 atom stereocenters. The summed E-state index contributed by atoms with van der Waals surface area (Å²) in [7, 11) is 0. The molecule has 5 heteroatoms. The van der Waals surface area contributed by atoms with Gasteiger partial charge in [-0.2, -0.15) is 0 Å². The molecule has 0 spiro atoms. The van der Waals surface area contributed by atoms with Crippen LogP contribution in [0.1, 0.15) is 19.0 Å². The number of carbonyl (C=O) groups is 1. The number of hydrogen-bond acceptors (Lipinski definition) is 4. The van der Waals surface area contributed by atoms with Crippen LogP contribution in [0, 0.1) is 0 Å². The van der Waals surface area contributed by atoms with Gasteiger partial charge >= 0.3 is 0 Å². The van der Waals surface area contributed by atoms with E-state index in [0.717, 1.165) is 18.8 Å². The lowest BCUT2D eigenvalue weighted by atomic mass is 10.1. The number of nitrogens with zero attached hydrogens (tertiary/aromatic N) is 2. The first-order valence-corrected chi connectivity index (χ1v) is 6.78. The summed E-state index contributed by atoms with van der Waals surface area (Å²) in [6.07, 6.45) is 2.24. The number of amides is 1. The summed E-state index contributed by atoms with van der Waals surface area (Å²) in [6, 6.07) is 5.90. The highest BCUT2D eigenvalue weighted by Crippen LogP contribution is 2.06. The van der Waals surface area contributed by atoms with E-state index in [2.05, 4.69) is 10.3 Å². The van der Waals surface area contributed by atoms with Crippen LogP contribution in [0.15, 0.2) is 24.4 Å². The molecule has 0 aromatic carbocycles. The molecular weight excluding hydrogens is 242 g/mol. The number of hydrogen-bond donors (Lipinski definition) is 1. The van der Waals surface area contributed by atoms with E-state index in [9.17, 15) is 4.79 Å². The summed E-state index contributed by atoms with van der Waals surface area (Å²) in [6.45, 7) is 5.44. The van der Waals surface area contributed by atoms with Crippen LogP contribution in [0.3, 0.4) is 0 Å². The normalized spacial score (nSPS) is 19.1. The van der Waals surface area contributed by atoms with Gasteiger partial charge in [-0.3, -0.25) is 9.78 Å². The molecular formula is C14H21N3O2. The molecule has 1 aliphatic heterocycles. The topological polar surface area (TPSA) is 54.5 Å². The van der Waals surface area contributed by atoms with Crippen molar-refractivity contribution in [2.45, 2.75) is 25.9 Å². The standard InChI is InChI=1S/C14H21N3O2/c1-2-17(10-12-5-3-4-6-15-12)14(18)9-13-11-19-8-7-16-13/h3-6,13,16H,2,7-11H2,1H3. The van der Waals surface area contributed by atoms with Crippen molar-refractivity contribution >= 4 is 5.91 Å². The highest BCUT2D eigenvalue weighted by atomic mass is 16.5. The van der Waals surface area contributed by atoms with E-state index in [4.69, 9.17) is 4.74 Å². The molecule has 1 N–H and O–H groups in total. The van der Waals surface area contributed by atoms with Crippen LogP contribution in [-0.4, -0.2) is 48.1 Å². The molecule has 0 saturated carbocycles. The molecule has 104 valence electrons. The predicted octanol–water partition coefficient (Wildman–Crippen LogP) is 0.809. The van der Waals surface area contributed by atoms with Gasteiger partial charge in [0.25, 0.3) is 0 Å². The Morgan fingerprint density at radius 2 is 2.47 bits per heavy atom. The van der Waals surface area contributed by atoms with Crippen molar-refractivity contribution in [2.24, 2.45) is 0 Å². The second-order valence-electron chi connectivity index (χ2n) is 4.66. The smallest absolute Gasteiger partial charge is 0.224 e. The third-order valence-electron chi connectivity index (χ3n) is 3.23. The maximum Gasteiger partial charge on any atom is 0.224 e. The van der Waals surface area contributed by atoms with E-state index in [-0.39, 0.29) is 11.9 Å². The Balaban J connectivity index is 1.87. The molecule has 1 aromatic heterocycles. The largest absolute Gasteiger partial charge is 0.378 e. The van der Waals surface area contributed by atoms with Gasteiger partial charge in [-0.25, -0.2) is 0 Å². The molecule has 19 heavy (non-hydrogen) atoms. The monoisotopic (exact) mass is 263 g/mol. The lowest BCUT2D eigenvalue weighted by Crippen LogP contribution is -2.45.